The van der Waals surface area contributed by atoms with Crippen molar-refractivity contribution in [1.29, 1.82) is 0 Å². The van der Waals surface area contributed by atoms with E-state index in [9.17, 15) is 4.79 Å². The molecular formula is C13H10Cl2N2O2. The van der Waals surface area contributed by atoms with Crippen LogP contribution in [-0.4, -0.2) is 22.8 Å². The van der Waals surface area contributed by atoms with Crippen LogP contribution in [-0.2, 0) is 4.74 Å². The summed E-state index contributed by atoms with van der Waals surface area (Å²) in [5, 5.41) is 8.22. The number of esters is 1. The minimum Gasteiger partial charge on any atom is -0.462 e. The molecule has 1 aromatic heterocycles. The summed E-state index contributed by atoms with van der Waals surface area (Å²) < 4.78 is 4.91. The first-order chi connectivity index (χ1) is 9.13. The number of carbonyl (C=O) groups excluding carboxylic acids is 1. The van der Waals surface area contributed by atoms with Gasteiger partial charge >= 0.3 is 5.97 Å². The molecule has 0 amide bonds. The third-order valence-corrected chi connectivity index (χ3v) is 3.00. The van der Waals surface area contributed by atoms with E-state index in [1.165, 1.54) is 6.07 Å². The van der Waals surface area contributed by atoms with Gasteiger partial charge in [0.25, 0.3) is 0 Å². The minimum atomic E-state index is -0.532. The normalized spacial score (nSPS) is 10.3. The molecule has 0 bridgehead atoms. The van der Waals surface area contributed by atoms with Gasteiger partial charge in [0.1, 0.15) is 5.56 Å². The first kappa shape index (κ1) is 13.8. The van der Waals surface area contributed by atoms with E-state index in [-0.39, 0.29) is 17.3 Å². The molecule has 19 heavy (non-hydrogen) atoms. The van der Waals surface area contributed by atoms with Crippen LogP contribution in [0.1, 0.15) is 17.3 Å². The average molecular weight is 297 g/mol. The van der Waals surface area contributed by atoms with Crippen molar-refractivity contribution in [2.24, 2.45) is 0 Å². The van der Waals surface area contributed by atoms with Crippen LogP contribution in [0.25, 0.3) is 11.3 Å². The van der Waals surface area contributed by atoms with Crippen LogP contribution >= 0.6 is 23.2 Å². The summed E-state index contributed by atoms with van der Waals surface area (Å²) in [6.07, 6.45) is 0. The second-order valence-corrected chi connectivity index (χ2v) is 4.40. The van der Waals surface area contributed by atoms with Gasteiger partial charge in [-0.1, -0.05) is 41.4 Å². The zero-order valence-electron chi connectivity index (χ0n) is 10.1. The Morgan fingerprint density at radius 2 is 2.00 bits per heavy atom. The maximum atomic E-state index is 11.7. The lowest BCUT2D eigenvalue weighted by Gasteiger charge is -2.06. The first-order valence-corrected chi connectivity index (χ1v) is 6.34. The number of halogens is 2. The second-order valence-electron chi connectivity index (χ2n) is 3.63. The molecule has 4 nitrogen and oxygen atoms in total. The van der Waals surface area contributed by atoms with E-state index >= 15 is 0 Å². The first-order valence-electron chi connectivity index (χ1n) is 5.58. The number of hydrogen-bond donors (Lipinski definition) is 0. The Balaban J connectivity index is 2.47. The molecule has 2 aromatic rings. The number of nitrogens with zero attached hydrogens (tertiary/aromatic N) is 2. The summed E-state index contributed by atoms with van der Waals surface area (Å²) in [5.74, 6) is -0.532. The van der Waals surface area contributed by atoms with Crippen molar-refractivity contribution >= 4 is 29.2 Å². The summed E-state index contributed by atoms with van der Waals surface area (Å²) >= 11 is 11.9. The van der Waals surface area contributed by atoms with Gasteiger partial charge in [-0.2, -0.15) is 0 Å². The van der Waals surface area contributed by atoms with Gasteiger partial charge in [-0.25, -0.2) is 4.79 Å². The van der Waals surface area contributed by atoms with Gasteiger partial charge in [-0.15, -0.1) is 10.2 Å². The Hall–Kier alpha value is -1.65. The Morgan fingerprint density at radius 1 is 1.26 bits per heavy atom. The highest BCUT2D eigenvalue weighted by molar-refractivity contribution is 6.33. The van der Waals surface area contributed by atoms with Gasteiger partial charge in [-0.3, -0.25) is 0 Å². The molecule has 0 spiro atoms. The molecule has 98 valence electrons. The molecule has 0 saturated carbocycles. The molecule has 0 N–H and O–H groups in total. The molecule has 0 aliphatic heterocycles. The van der Waals surface area contributed by atoms with Crippen molar-refractivity contribution in [3.8, 4) is 11.3 Å². The molecule has 0 atom stereocenters. The Labute approximate surface area is 120 Å². The lowest BCUT2D eigenvalue weighted by molar-refractivity contribution is 0.0526. The fourth-order valence-corrected chi connectivity index (χ4v) is 1.93. The van der Waals surface area contributed by atoms with E-state index in [0.717, 1.165) is 0 Å². The van der Waals surface area contributed by atoms with Gasteiger partial charge in [0, 0.05) is 5.56 Å². The van der Waals surface area contributed by atoms with Crippen molar-refractivity contribution < 1.29 is 9.53 Å². The predicted octanol–water partition coefficient (Wildman–Crippen LogP) is 3.63. The molecule has 1 aromatic carbocycles. The smallest absolute Gasteiger partial charge is 0.341 e. The molecule has 2 rings (SSSR count). The van der Waals surface area contributed by atoms with Crippen LogP contribution in [0, 0.1) is 0 Å². The molecule has 0 aliphatic rings. The topological polar surface area (TPSA) is 52.1 Å². The van der Waals surface area contributed by atoms with Crippen LogP contribution in [0.15, 0.2) is 30.3 Å². The molecule has 0 aliphatic carbocycles. The van der Waals surface area contributed by atoms with Crippen LogP contribution < -0.4 is 0 Å². The van der Waals surface area contributed by atoms with Crippen molar-refractivity contribution in [2.45, 2.75) is 6.92 Å². The Morgan fingerprint density at radius 3 is 2.68 bits per heavy atom. The van der Waals surface area contributed by atoms with E-state index in [2.05, 4.69) is 10.2 Å². The number of aromatic nitrogens is 2. The number of carbonyl (C=O) groups is 1. The third kappa shape index (κ3) is 3.03. The SMILES string of the molecule is CCOC(=O)c1cc(-c2ccccc2Cl)nnc1Cl. The van der Waals surface area contributed by atoms with Crippen molar-refractivity contribution in [1.82, 2.24) is 10.2 Å². The average Bonchev–Trinajstić information content (AvgIpc) is 2.40. The maximum Gasteiger partial charge on any atom is 0.341 e. The van der Waals surface area contributed by atoms with E-state index in [1.54, 1.807) is 25.1 Å². The summed E-state index contributed by atoms with van der Waals surface area (Å²) in [6, 6.07) is 8.67. The standard InChI is InChI=1S/C13H10Cl2N2O2/c1-2-19-13(18)9-7-11(16-17-12(9)15)8-5-3-4-6-10(8)14/h3-7H,2H2,1H3. The number of ether oxygens (including phenoxy) is 1. The second kappa shape index (κ2) is 5.99. The number of benzene rings is 1. The van der Waals surface area contributed by atoms with Crippen LogP contribution in [0.2, 0.25) is 10.2 Å². The van der Waals surface area contributed by atoms with Crippen molar-refractivity contribution in [2.75, 3.05) is 6.61 Å². The van der Waals surface area contributed by atoms with Gasteiger partial charge in [0.15, 0.2) is 5.15 Å². The number of hydrogen-bond acceptors (Lipinski definition) is 4. The minimum absolute atomic E-state index is 0.00857. The fraction of sp³-hybridized carbons (Fsp3) is 0.154. The molecule has 0 fully saturated rings. The quantitative estimate of drug-likeness (QED) is 0.812. The van der Waals surface area contributed by atoms with Crippen molar-refractivity contribution in [3.05, 3.63) is 46.1 Å². The molecule has 1 heterocycles. The van der Waals surface area contributed by atoms with Gasteiger partial charge < -0.3 is 4.74 Å². The molecule has 0 unspecified atom stereocenters. The molecular weight excluding hydrogens is 287 g/mol. The lowest BCUT2D eigenvalue weighted by atomic mass is 10.1. The Bertz CT molecular complexity index is 617. The van der Waals surface area contributed by atoms with E-state index in [4.69, 9.17) is 27.9 Å². The molecule has 6 heteroatoms. The van der Waals surface area contributed by atoms with Gasteiger partial charge in [-0.05, 0) is 19.1 Å². The summed E-state index contributed by atoms with van der Waals surface area (Å²) in [6.45, 7) is 1.98. The molecule has 0 radical (unpaired) electrons. The monoisotopic (exact) mass is 296 g/mol. The Kier molecular flexibility index (Phi) is 4.35. The highest BCUT2D eigenvalue weighted by Crippen LogP contribution is 2.27. The van der Waals surface area contributed by atoms with Crippen LogP contribution in [0.4, 0.5) is 0 Å². The number of rotatable bonds is 3. The fourth-order valence-electron chi connectivity index (χ4n) is 1.53. The lowest BCUT2D eigenvalue weighted by Crippen LogP contribution is -2.07. The maximum absolute atomic E-state index is 11.7. The van der Waals surface area contributed by atoms with Gasteiger partial charge in [0.2, 0.25) is 0 Å². The van der Waals surface area contributed by atoms with E-state index in [1.807, 2.05) is 6.07 Å². The van der Waals surface area contributed by atoms with E-state index in [0.29, 0.717) is 16.3 Å². The van der Waals surface area contributed by atoms with Gasteiger partial charge in [0.05, 0.1) is 17.3 Å². The highest BCUT2D eigenvalue weighted by atomic mass is 35.5. The zero-order valence-corrected chi connectivity index (χ0v) is 11.6. The largest absolute Gasteiger partial charge is 0.462 e. The summed E-state index contributed by atoms with van der Waals surface area (Å²) in [4.78, 5) is 11.7. The highest BCUT2D eigenvalue weighted by Gasteiger charge is 2.16. The van der Waals surface area contributed by atoms with Crippen LogP contribution in [0.3, 0.4) is 0 Å². The summed E-state index contributed by atoms with van der Waals surface area (Å²) in [5.41, 5.74) is 1.32. The summed E-state index contributed by atoms with van der Waals surface area (Å²) in [7, 11) is 0. The predicted molar refractivity (Wildman–Crippen MR) is 73.4 cm³/mol. The molecule has 0 saturated heterocycles. The van der Waals surface area contributed by atoms with Crippen LogP contribution in [0.5, 0.6) is 0 Å². The third-order valence-electron chi connectivity index (χ3n) is 2.39. The zero-order chi connectivity index (χ0) is 13.8. The van der Waals surface area contributed by atoms with Crippen molar-refractivity contribution in [3.63, 3.8) is 0 Å². The van der Waals surface area contributed by atoms with E-state index < -0.39 is 5.97 Å².